The molecule has 1 saturated heterocycles. The van der Waals surface area contributed by atoms with E-state index in [9.17, 15) is 18.3 Å². The molecule has 1 fully saturated rings. The fourth-order valence-electron chi connectivity index (χ4n) is 1.56. The number of nitrogens with one attached hydrogen (secondary N) is 1. The summed E-state index contributed by atoms with van der Waals surface area (Å²) in [6.07, 6.45) is -3.41. The zero-order valence-corrected chi connectivity index (χ0v) is 7.49. The van der Waals surface area contributed by atoms with Gasteiger partial charge in [-0.2, -0.15) is 13.2 Å². The molecule has 0 bridgehead atoms. The van der Waals surface area contributed by atoms with Gasteiger partial charge >= 0.3 is 6.18 Å². The number of halogens is 3. The van der Waals surface area contributed by atoms with Crippen LogP contribution in [0.25, 0.3) is 0 Å². The van der Waals surface area contributed by atoms with Crippen LogP contribution in [-0.2, 0) is 0 Å². The average molecular weight is 197 g/mol. The van der Waals surface area contributed by atoms with E-state index >= 15 is 0 Å². The zero-order chi connectivity index (χ0) is 10.1. The predicted molar refractivity (Wildman–Crippen MR) is 42.3 cm³/mol. The molecule has 78 valence electrons. The molecule has 2 atom stereocenters. The van der Waals surface area contributed by atoms with Gasteiger partial charge in [0.2, 0.25) is 0 Å². The second kappa shape index (κ2) is 3.46. The SMILES string of the molecule is CC(O)(C1CCCNC1)C(F)(F)F. The van der Waals surface area contributed by atoms with E-state index in [1.54, 1.807) is 0 Å². The molecule has 1 aliphatic rings. The maximum absolute atomic E-state index is 12.3. The topological polar surface area (TPSA) is 32.3 Å². The summed E-state index contributed by atoms with van der Waals surface area (Å²) in [6.45, 7) is 1.83. The largest absolute Gasteiger partial charge is 0.417 e. The van der Waals surface area contributed by atoms with Crippen molar-refractivity contribution < 1.29 is 18.3 Å². The molecule has 13 heavy (non-hydrogen) atoms. The quantitative estimate of drug-likeness (QED) is 0.664. The number of rotatable bonds is 1. The third-order valence-electron chi connectivity index (χ3n) is 2.67. The van der Waals surface area contributed by atoms with E-state index in [4.69, 9.17) is 0 Å². The van der Waals surface area contributed by atoms with Gasteiger partial charge in [-0.15, -0.1) is 0 Å². The first-order valence-corrected chi connectivity index (χ1v) is 4.35. The van der Waals surface area contributed by atoms with Crippen molar-refractivity contribution in [3.8, 4) is 0 Å². The molecule has 5 heteroatoms. The van der Waals surface area contributed by atoms with Crippen LogP contribution in [0.3, 0.4) is 0 Å². The molecule has 1 aliphatic heterocycles. The molecule has 0 aliphatic carbocycles. The highest BCUT2D eigenvalue weighted by Gasteiger charge is 2.54. The van der Waals surface area contributed by atoms with Crippen LogP contribution in [0.4, 0.5) is 13.2 Å². The van der Waals surface area contributed by atoms with E-state index in [2.05, 4.69) is 5.32 Å². The van der Waals surface area contributed by atoms with Crippen molar-refractivity contribution in [1.82, 2.24) is 5.32 Å². The Morgan fingerprint density at radius 3 is 2.38 bits per heavy atom. The van der Waals surface area contributed by atoms with Gasteiger partial charge in [-0.05, 0) is 26.3 Å². The van der Waals surface area contributed by atoms with Crippen LogP contribution in [0.15, 0.2) is 0 Å². The summed E-state index contributed by atoms with van der Waals surface area (Å²) < 4.78 is 37.0. The van der Waals surface area contributed by atoms with Crippen molar-refractivity contribution in [2.24, 2.45) is 5.92 Å². The minimum absolute atomic E-state index is 0.243. The Kier molecular flexibility index (Phi) is 2.87. The molecule has 1 rings (SSSR count). The van der Waals surface area contributed by atoms with Crippen LogP contribution in [0.5, 0.6) is 0 Å². The van der Waals surface area contributed by atoms with Crippen LogP contribution in [0.2, 0.25) is 0 Å². The van der Waals surface area contributed by atoms with Gasteiger partial charge in [0.25, 0.3) is 0 Å². The fourth-order valence-corrected chi connectivity index (χ4v) is 1.56. The van der Waals surface area contributed by atoms with Crippen LogP contribution in [-0.4, -0.2) is 30.0 Å². The Labute approximate surface area is 75.1 Å². The van der Waals surface area contributed by atoms with E-state index in [1.165, 1.54) is 0 Å². The Morgan fingerprint density at radius 1 is 1.38 bits per heavy atom. The van der Waals surface area contributed by atoms with Crippen molar-refractivity contribution in [2.75, 3.05) is 13.1 Å². The van der Waals surface area contributed by atoms with Gasteiger partial charge in [0.15, 0.2) is 5.60 Å². The van der Waals surface area contributed by atoms with Crippen LogP contribution < -0.4 is 5.32 Å². The number of piperidine rings is 1. The average Bonchev–Trinajstić information content (AvgIpc) is 2.04. The van der Waals surface area contributed by atoms with Crippen molar-refractivity contribution in [1.29, 1.82) is 0 Å². The third kappa shape index (κ3) is 2.14. The molecule has 2 nitrogen and oxygen atoms in total. The normalized spacial score (nSPS) is 29.8. The monoisotopic (exact) mass is 197 g/mol. The molecule has 1 heterocycles. The first kappa shape index (κ1) is 10.8. The van der Waals surface area contributed by atoms with E-state index < -0.39 is 17.7 Å². The van der Waals surface area contributed by atoms with Gasteiger partial charge in [-0.1, -0.05) is 0 Å². The van der Waals surface area contributed by atoms with Gasteiger partial charge in [0, 0.05) is 12.5 Å². The summed E-state index contributed by atoms with van der Waals surface area (Å²) in [5.74, 6) is -0.721. The lowest BCUT2D eigenvalue weighted by atomic mass is 9.83. The first-order chi connectivity index (χ1) is 5.86. The fraction of sp³-hybridized carbons (Fsp3) is 1.00. The van der Waals surface area contributed by atoms with E-state index in [-0.39, 0.29) is 6.54 Å². The summed E-state index contributed by atoms with van der Waals surface area (Å²) >= 11 is 0. The molecular weight excluding hydrogens is 183 g/mol. The van der Waals surface area contributed by atoms with Crippen LogP contribution in [0, 0.1) is 5.92 Å². The maximum Gasteiger partial charge on any atom is 0.417 e. The van der Waals surface area contributed by atoms with Gasteiger partial charge in [-0.25, -0.2) is 0 Å². The zero-order valence-electron chi connectivity index (χ0n) is 7.49. The molecule has 0 aromatic carbocycles. The lowest BCUT2D eigenvalue weighted by Crippen LogP contribution is -2.53. The van der Waals surface area contributed by atoms with Crippen molar-refractivity contribution in [3.63, 3.8) is 0 Å². The molecule has 0 aromatic heterocycles. The Hall–Kier alpha value is -0.290. The molecule has 2 unspecified atom stereocenters. The van der Waals surface area contributed by atoms with Gasteiger partial charge in [0.05, 0.1) is 0 Å². The van der Waals surface area contributed by atoms with Gasteiger partial charge in [-0.3, -0.25) is 0 Å². The van der Waals surface area contributed by atoms with Gasteiger partial charge in [0.1, 0.15) is 0 Å². The minimum atomic E-state index is -4.53. The summed E-state index contributed by atoms with van der Waals surface area (Å²) in [5, 5.41) is 12.2. The number of hydrogen-bond acceptors (Lipinski definition) is 2. The highest BCUT2D eigenvalue weighted by molar-refractivity contribution is 4.91. The maximum atomic E-state index is 12.3. The number of alkyl halides is 3. The Balaban J connectivity index is 2.67. The molecular formula is C8H14F3NO. The lowest BCUT2D eigenvalue weighted by Gasteiger charge is -2.37. The predicted octanol–water partition coefficient (Wildman–Crippen LogP) is 1.30. The molecule has 0 spiro atoms. The Bertz CT molecular complexity index is 173. The minimum Gasteiger partial charge on any atom is -0.380 e. The first-order valence-electron chi connectivity index (χ1n) is 4.35. The molecule has 0 radical (unpaired) electrons. The second-order valence-corrected chi connectivity index (χ2v) is 3.69. The van der Waals surface area contributed by atoms with Crippen molar-refractivity contribution in [3.05, 3.63) is 0 Å². The van der Waals surface area contributed by atoms with E-state index in [1.807, 2.05) is 0 Å². The number of aliphatic hydroxyl groups is 1. The highest BCUT2D eigenvalue weighted by Crippen LogP contribution is 2.38. The second-order valence-electron chi connectivity index (χ2n) is 3.69. The lowest BCUT2D eigenvalue weighted by molar-refractivity contribution is -0.273. The summed E-state index contributed by atoms with van der Waals surface area (Å²) in [5.41, 5.74) is -2.56. The summed E-state index contributed by atoms with van der Waals surface area (Å²) in [6, 6.07) is 0. The third-order valence-corrected chi connectivity index (χ3v) is 2.67. The van der Waals surface area contributed by atoms with Crippen molar-refractivity contribution >= 4 is 0 Å². The number of hydrogen-bond donors (Lipinski definition) is 2. The standard InChI is InChI=1S/C8H14F3NO/c1-7(13,8(9,10)11)6-3-2-4-12-5-6/h6,12-13H,2-5H2,1H3. The van der Waals surface area contributed by atoms with Gasteiger partial charge < -0.3 is 10.4 Å². The highest BCUT2D eigenvalue weighted by atomic mass is 19.4. The molecule has 0 aromatic rings. The van der Waals surface area contributed by atoms with E-state index in [0.29, 0.717) is 12.8 Å². The van der Waals surface area contributed by atoms with Crippen LogP contribution in [0.1, 0.15) is 19.8 Å². The van der Waals surface area contributed by atoms with E-state index in [0.717, 1.165) is 13.5 Å². The van der Waals surface area contributed by atoms with Crippen LogP contribution >= 0.6 is 0 Å². The Morgan fingerprint density at radius 2 is 2.00 bits per heavy atom. The molecule has 0 amide bonds. The molecule has 0 saturated carbocycles. The molecule has 2 N–H and O–H groups in total. The summed E-state index contributed by atoms with van der Waals surface area (Å²) in [7, 11) is 0. The smallest absolute Gasteiger partial charge is 0.380 e. The summed E-state index contributed by atoms with van der Waals surface area (Å²) in [4.78, 5) is 0. The van der Waals surface area contributed by atoms with Crippen molar-refractivity contribution in [2.45, 2.75) is 31.5 Å².